The van der Waals surface area contributed by atoms with E-state index in [9.17, 15) is 26.3 Å². The summed E-state index contributed by atoms with van der Waals surface area (Å²) >= 11 is 1.86. The van der Waals surface area contributed by atoms with Crippen molar-refractivity contribution in [3.05, 3.63) is 52.0 Å². The van der Waals surface area contributed by atoms with Gasteiger partial charge in [-0.25, -0.2) is 9.59 Å². The molecular formula is C23H26F6N2O6S. The van der Waals surface area contributed by atoms with Crippen LogP contribution in [0.5, 0.6) is 0 Å². The Kier molecular flexibility index (Phi) is 11.1. The number of rotatable bonds is 5. The zero-order valence-electron chi connectivity index (χ0n) is 20.1. The van der Waals surface area contributed by atoms with Crippen molar-refractivity contribution in [2.75, 3.05) is 19.7 Å². The monoisotopic (exact) mass is 572 g/mol. The zero-order valence-corrected chi connectivity index (χ0v) is 20.9. The van der Waals surface area contributed by atoms with Gasteiger partial charge in [0.1, 0.15) is 0 Å². The second-order valence-electron chi connectivity index (χ2n) is 8.60. The molecule has 15 heteroatoms. The molecule has 0 amide bonds. The molecule has 2 aromatic heterocycles. The summed E-state index contributed by atoms with van der Waals surface area (Å²) < 4.78 is 75.7. The van der Waals surface area contributed by atoms with Gasteiger partial charge in [0.15, 0.2) is 0 Å². The first-order chi connectivity index (χ1) is 17.6. The first-order valence-corrected chi connectivity index (χ1v) is 12.0. The lowest BCUT2D eigenvalue weighted by molar-refractivity contribution is -0.200. The fourth-order valence-corrected chi connectivity index (χ4v) is 4.64. The lowest BCUT2D eigenvalue weighted by Gasteiger charge is -2.53. The number of aryl methyl sites for hydroxylation is 1. The third-order valence-corrected chi connectivity index (χ3v) is 6.51. The van der Waals surface area contributed by atoms with Crippen LogP contribution in [0.4, 0.5) is 26.3 Å². The minimum Gasteiger partial charge on any atom is -0.475 e. The van der Waals surface area contributed by atoms with Crippen LogP contribution in [0.25, 0.3) is 0 Å². The fourth-order valence-electron chi connectivity index (χ4n) is 3.69. The molecule has 8 nitrogen and oxygen atoms in total. The predicted molar refractivity (Wildman–Crippen MR) is 122 cm³/mol. The molecule has 2 fully saturated rings. The highest BCUT2D eigenvalue weighted by Gasteiger charge is 2.47. The van der Waals surface area contributed by atoms with Gasteiger partial charge in [-0.15, -0.1) is 11.3 Å². The van der Waals surface area contributed by atoms with Crippen molar-refractivity contribution in [1.82, 2.24) is 9.88 Å². The molecule has 4 heterocycles. The van der Waals surface area contributed by atoms with Crippen LogP contribution in [0.2, 0.25) is 0 Å². The Balaban J connectivity index is 0.000000301. The number of hydrogen-bond donors (Lipinski definition) is 2. The number of likely N-dealkylation sites (tertiary alicyclic amines) is 1. The standard InChI is InChI=1S/C19H24N2O2S.2C2HF3O2/c1-15-5-8-24-18(15)11-21-13-19(14-21)9-17(4-7-23-19)22-12-16-3-2-6-20-10-16;2*3-2(4,5)1(6)7/h2-3,5-6,8,10,17H,4,7,9,11-14H2,1H3;2*(H,6,7). The number of alkyl halides is 6. The van der Waals surface area contributed by atoms with Gasteiger partial charge in [0.25, 0.3) is 0 Å². The topological polar surface area (TPSA) is 109 Å². The largest absolute Gasteiger partial charge is 0.490 e. The van der Waals surface area contributed by atoms with Crippen molar-refractivity contribution < 1.29 is 55.6 Å². The minimum absolute atomic E-state index is 0.0169. The normalized spacial score (nSPS) is 18.9. The minimum atomic E-state index is -5.08. The average molecular weight is 573 g/mol. The van der Waals surface area contributed by atoms with Crippen LogP contribution in [0.15, 0.2) is 36.0 Å². The van der Waals surface area contributed by atoms with Gasteiger partial charge < -0.3 is 19.7 Å². The number of thiophene rings is 1. The van der Waals surface area contributed by atoms with Crippen LogP contribution < -0.4 is 0 Å². The Morgan fingerprint density at radius 1 is 1.16 bits per heavy atom. The maximum Gasteiger partial charge on any atom is 0.490 e. The maximum atomic E-state index is 10.6. The number of aliphatic carboxylic acids is 2. The number of ether oxygens (including phenoxy) is 2. The van der Waals surface area contributed by atoms with E-state index >= 15 is 0 Å². The molecule has 1 atom stereocenters. The number of carbonyl (C=O) groups is 2. The van der Waals surface area contributed by atoms with Gasteiger partial charge in [0, 0.05) is 49.9 Å². The molecular weight excluding hydrogens is 546 g/mol. The molecule has 2 aromatic rings. The second-order valence-corrected chi connectivity index (χ2v) is 9.60. The third-order valence-electron chi connectivity index (χ3n) is 5.50. The Hall–Kier alpha value is -2.75. The van der Waals surface area contributed by atoms with Crippen LogP contribution in [0, 0.1) is 6.92 Å². The molecule has 38 heavy (non-hydrogen) atoms. The summed E-state index contributed by atoms with van der Waals surface area (Å²) in [5.41, 5.74) is 2.56. The van der Waals surface area contributed by atoms with Crippen molar-refractivity contribution in [1.29, 1.82) is 0 Å². The number of nitrogens with zero attached hydrogens (tertiary/aromatic N) is 2. The Labute approximate surface area is 217 Å². The highest BCUT2D eigenvalue weighted by Crippen LogP contribution is 2.37. The molecule has 1 unspecified atom stereocenters. The molecule has 4 rings (SSSR count). The molecule has 2 saturated heterocycles. The maximum absolute atomic E-state index is 10.6. The van der Waals surface area contributed by atoms with E-state index in [1.807, 2.05) is 23.6 Å². The quantitative estimate of drug-likeness (QED) is 0.498. The van der Waals surface area contributed by atoms with Crippen molar-refractivity contribution in [2.45, 2.75) is 57.0 Å². The van der Waals surface area contributed by atoms with Crippen LogP contribution in [-0.2, 0) is 32.2 Å². The zero-order chi connectivity index (χ0) is 28.6. The number of carboxylic acids is 2. The Morgan fingerprint density at radius 2 is 1.76 bits per heavy atom. The van der Waals surface area contributed by atoms with Gasteiger partial charge in [-0.2, -0.15) is 26.3 Å². The number of aromatic nitrogens is 1. The lowest BCUT2D eigenvalue weighted by Crippen LogP contribution is -2.65. The smallest absolute Gasteiger partial charge is 0.475 e. The molecule has 0 saturated carbocycles. The molecule has 2 N–H and O–H groups in total. The molecule has 2 aliphatic heterocycles. The third kappa shape index (κ3) is 10.2. The van der Waals surface area contributed by atoms with Crippen LogP contribution in [0.3, 0.4) is 0 Å². The summed E-state index contributed by atoms with van der Waals surface area (Å²) in [6, 6.07) is 6.23. The van der Waals surface area contributed by atoms with E-state index in [1.54, 1.807) is 6.20 Å². The summed E-state index contributed by atoms with van der Waals surface area (Å²) in [6.45, 7) is 6.75. The van der Waals surface area contributed by atoms with Gasteiger partial charge >= 0.3 is 24.3 Å². The number of carboxylic acid groups (broad SMARTS) is 2. The molecule has 0 bridgehead atoms. The molecule has 0 aromatic carbocycles. The van der Waals surface area contributed by atoms with E-state index in [-0.39, 0.29) is 5.60 Å². The van der Waals surface area contributed by atoms with Gasteiger partial charge in [-0.1, -0.05) is 6.07 Å². The predicted octanol–water partition coefficient (Wildman–Crippen LogP) is 4.67. The molecule has 0 radical (unpaired) electrons. The van der Waals surface area contributed by atoms with Crippen LogP contribution in [0.1, 0.15) is 28.8 Å². The summed E-state index contributed by atoms with van der Waals surface area (Å²) in [5, 5.41) is 16.4. The summed E-state index contributed by atoms with van der Waals surface area (Å²) in [4.78, 5) is 25.9. The van der Waals surface area contributed by atoms with E-state index in [0.29, 0.717) is 12.7 Å². The van der Waals surface area contributed by atoms with E-state index in [1.165, 1.54) is 10.4 Å². The number of pyridine rings is 1. The van der Waals surface area contributed by atoms with Crippen molar-refractivity contribution in [2.24, 2.45) is 0 Å². The van der Waals surface area contributed by atoms with Crippen LogP contribution in [-0.4, -0.2) is 75.8 Å². The van der Waals surface area contributed by atoms with E-state index < -0.39 is 24.3 Å². The summed E-state index contributed by atoms with van der Waals surface area (Å²) in [6.07, 6.45) is -4.20. The van der Waals surface area contributed by atoms with E-state index in [2.05, 4.69) is 34.3 Å². The van der Waals surface area contributed by atoms with Gasteiger partial charge in [0.05, 0.1) is 18.3 Å². The SMILES string of the molecule is Cc1ccsc1CN1CC2(CC(OCc3cccnc3)CCO2)C1.O=C(O)C(F)(F)F.O=C(O)C(F)(F)F. The first kappa shape index (κ1) is 31.5. The van der Waals surface area contributed by atoms with Crippen LogP contribution >= 0.6 is 11.3 Å². The van der Waals surface area contributed by atoms with E-state index in [4.69, 9.17) is 29.3 Å². The summed E-state index contributed by atoms with van der Waals surface area (Å²) in [5.74, 6) is -5.51. The average Bonchev–Trinajstić information content (AvgIpc) is 3.21. The first-order valence-electron chi connectivity index (χ1n) is 11.1. The van der Waals surface area contributed by atoms with Gasteiger partial charge in [-0.3, -0.25) is 9.88 Å². The van der Waals surface area contributed by atoms with Gasteiger partial charge in [0.2, 0.25) is 0 Å². The highest BCUT2D eigenvalue weighted by atomic mass is 32.1. The molecule has 2 aliphatic rings. The number of halogens is 6. The Bertz CT molecular complexity index is 1020. The lowest BCUT2D eigenvalue weighted by atomic mass is 9.84. The second kappa shape index (κ2) is 13.4. The fraction of sp³-hybridized carbons (Fsp3) is 0.522. The van der Waals surface area contributed by atoms with Crippen molar-refractivity contribution in [3.8, 4) is 0 Å². The highest BCUT2D eigenvalue weighted by molar-refractivity contribution is 7.10. The van der Waals surface area contributed by atoms with E-state index in [0.717, 1.165) is 44.6 Å². The van der Waals surface area contributed by atoms with Crippen molar-refractivity contribution >= 4 is 23.3 Å². The Morgan fingerprint density at radius 3 is 2.24 bits per heavy atom. The van der Waals surface area contributed by atoms with Gasteiger partial charge in [-0.05, 0) is 42.0 Å². The summed E-state index contributed by atoms with van der Waals surface area (Å²) in [7, 11) is 0. The molecule has 212 valence electrons. The van der Waals surface area contributed by atoms with Crippen molar-refractivity contribution in [3.63, 3.8) is 0 Å². The molecule has 0 aliphatic carbocycles. The molecule has 1 spiro atoms. The number of hydrogen-bond acceptors (Lipinski definition) is 7.